The lowest BCUT2D eigenvalue weighted by atomic mass is 10.2. The minimum atomic E-state index is -3.69. The highest BCUT2D eigenvalue weighted by atomic mass is 32.2. The summed E-state index contributed by atoms with van der Waals surface area (Å²) in [5, 5.41) is 5.28. The summed E-state index contributed by atoms with van der Waals surface area (Å²) in [6.45, 7) is 4.05. The van der Waals surface area contributed by atoms with E-state index in [1.165, 1.54) is 28.6 Å². The second kappa shape index (κ2) is 9.55. The second-order valence-electron chi connectivity index (χ2n) is 6.77. The van der Waals surface area contributed by atoms with E-state index in [2.05, 4.69) is 17.2 Å². The maximum absolute atomic E-state index is 12.8. The van der Waals surface area contributed by atoms with Gasteiger partial charge in [-0.05, 0) is 42.3 Å². The van der Waals surface area contributed by atoms with Gasteiger partial charge in [-0.1, -0.05) is 36.9 Å². The number of nitrogens with zero attached hydrogens (tertiary/aromatic N) is 1. The molecule has 0 bridgehead atoms. The first kappa shape index (κ1) is 21.5. The van der Waals surface area contributed by atoms with E-state index in [0.29, 0.717) is 18.7 Å². The Morgan fingerprint density at radius 2 is 1.83 bits per heavy atom. The van der Waals surface area contributed by atoms with Gasteiger partial charge in [0.25, 0.3) is 0 Å². The topological polar surface area (TPSA) is 105 Å². The molecule has 0 radical (unpaired) electrons. The molecule has 1 saturated heterocycles. The molecular weight excluding hydrogens is 406 g/mol. The van der Waals surface area contributed by atoms with Crippen molar-refractivity contribution >= 4 is 27.7 Å². The van der Waals surface area contributed by atoms with Gasteiger partial charge in [-0.25, -0.2) is 13.2 Å². The molecule has 3 rings (SSSR count). The Kier molecular flexibility index (Phi) is 6.86. The quantitative estimate of drug-likeness (QED) is 0.658. The lowest BCUT2D eigenvalue weighted by Gasteiger charge is -2.17. The molecule has 0 spiro atoms. The highest BCUT2D eigenvalue weighted by molar-refractivity contribution is 7.89. The van der Waals surface area contributed by atoms with Crippen molar-refractivity contribution in [3.8, 4) is 0 Å². The zero-order valence-corrected chi connectivity index (χ0v) is 17.1. The number of sulfonamides is 1. The van der Waals surface area contributed by atoms with Crippen LogP contribution in [0, 0.1) is 0 Å². The highest BCUT2D eigenvalue weighted by Crippen LogP contribution is 2.22. The van der Waals surface area contributed by atoms with Gasteiger partial charge in [0.15, 0.2) is 0 Å². The van der Waals surface area contributed by atoms with Crippen LogP contribution in [0.3, 0.4) is 0 Å². The molecule has 1 atom stereocenters. The number of ether oxygens (including phenoxy) is 1. The van der Waals surface area contributed by atoms with Gasteiger partial charge in [-0.2, -0.15) is 4.31 Å². The molecule has 0 saturated carbocycles. The van der Waals surface area contributed by atoms with Gasteiger partial charge in [-0.3, -0.25) is 10.1 Å². The van der Waals surface area contributed by atoms with Gasteiger partial charge in [0, 0.05) is 24.8 Å². The van der Waals surface area contributed by atoms with E-state index in [1.807, 2.05) is 30.3 Å². The Bertz CT molecular complexity index is 1010. The third-order valence-electron chi connectivity index (χ3n) is 4.63. The molecule has 1 aliphatic rings. The number of hydrogen-bond donors (Lipinski definition) is 2. The van der Waals surface area contributed by atoms with Gasteiger partial charge in [0.2, 0.25) is 15.9 Å². The molecule has 2 amide bonds. The molecule has 1 heterocycles. The minimum absolute atomic E-state index is 0.112. The molecule has 158 valence electrons. The smallest absolute Gasteiger partial charge is 0.411 e. The fourth-order valence-electron chi connectivity index (χ4n) is 3.06. The van der Waals surface area contributed by atoms with Crippen LogP contribution >= 0.6 is 0 Å². The first-order valence-electron chi connectivity index (χ1n) is 9.39. The van der Waals surface area contributed by atoms with E-state index < -0.39 is 16.1 Å². The number of amides is 2. The van der Waals surface area contributed by atoms with Crippen LogP contribution in [0.1, 0.15) is 12.0 Å². The predicted octanol–water partition coefficient (Wildman–Crippen LogP) is 2.50. The normalized spacial score (nSPS) is 16.6. The minimum Gasteiger partial charge on any atom is -0.444 e. The Balaban J connectivity index is 1.56. The van der Waals surface area contributed by atoms with Gasteiger partial charge >= 0.3 is 6.09 Å². The Morgan fingerprint density at radius 3 is 2.50 bits per heavy atom. The summed E-state index contributed by atoms with van der Waals surface area (Å²) < 4.78 is 32.1. The van der Waals surface area contributed by atoms with Gasteiger partial charge in [-0.15, -0.1) is 0 Å². The average Bonchev–Trinajstić information content (AvgIpc) is 3.22. The summed E-state index contributed by atoms with van der Waals surface area (Å²) in [5.74, 6) is -0.325. The molecular formula is C21H23N3O5S. The van der Waals surface area contributed by atoms with E-state index in [9.17, 15) is 18.0 Å². The van der Waals surface area contributed by atoms with Gasteiger partial charge in [0.1, 0.15) is 6.61 Å². The second-order valence-corrected chi connectivity index (χ2v) is 8.71. The van der Waals surface area contributed by atoms with Crippen molar-refractivity contribution in [3.05, 3.63) is 72.8 Å². The van der Waals surface area contributed by atoms with Crippen LogP contribution in [0.25, 0.3) is 0 Å². The molecule has 9 heteroatoms. The summed E-state index contributed by atoms with van der Waals surface area (Å²) in [6, 6.07) is 14.9. The van der Waals surface area contributed by atoms with E-state index >= 15 is 0 Å². The van der Waals surface area contributed by atoms with E-state index in [1.54, 1.807) is 0 Å². The van der Waals surface area contributed by atoms with Crippen LogP contribution in [0.4, 0.5) is 10.5 Å². The fourth-order valence-corrected chi connectivity index (χ4v) is 4.56. The summed E-state index contributed by atoms with van der Waals surface area (Å²) >= 11 is 0. The van der Waals surface area contributed by atoms with E-state index in [0.717, 1.165) is 11.6 Å². The molecule has 1 aliphatic heterocycles. The lowest BCUT2D eigenvalue weighted by molar-refractivity contribution is -0.117. The standard InChI is InChI=1S/C21H23N3O5S/c1-2-20(25)22-18-12-13-24(14-18)30(27,28)19-10-8-17(9-11-19)23-21(26)29-15-16-6-4-3-5-7-16/h2-11,18H,1,12-15H2,(H,22,25)(H,23,26)/t18-/m1/s1. The first-order valence-corrected chi connectivity index (χ1v) is 10.8. The van der Waals surface area contributed by atoms with Crippen molar-refractivity contribution in [2.24, 2.45) is 0 Å². The number of hydrogen-bond acceptors (Lipinski definition) is 5. The largest absolute Gasteiger partial charge is 0.444 e. The van der Waals surface area contributed by atoms with Crippen LogP contribution in [0.2, 0.25) is 0 Å². The van der Waals surface area contributed by atoms with E-state index in [4.69, 9.17) is 4.74 Å². The SMILES string of the molecule is C=CC(=O)N[C@@H]1CCN(S(=O)(=O)c2ccc(NC(=O)OCc3ccccc3)cc2)C1. The number of carbonyl (C=O) groups excluding carboxylic acids is 2. The Labute approximate surface area is 175 Å². The molecule has 1 fully saturated rings. The number of nitrogens with one attached hydrogen (secondary N) is 2. The molecule has 0 unspecified atom stereocenters. The molecule has 0 aliphatic carbocycles. The zero-order valence-electron chi connectivity index (χ0n) is 16.3. The summed E-state index contributed by atoms with van der Waals surface area (Å²) in [5.41, 5.74) is 1.28. The van der Waals surface area contributed by atoms with Gasteiger partial charge < -0.3 is 10.1 Å². The molecule has 30 heavy (non-hydrogen) atoms. The van der Waals surface area contributed by atoms with Crippen molar-refractivity contribution in [1.29, 1.82) is 0 Å². The molecule has 2 N–H and O–H groups in total. The monoisotopic (exact) mass is 429 g/mol. The van der Waals surface area contributed by atoms with Crippen LogP contribution < -0.4 is 10.6 Å². The van der Waals surface area contributed by atoms with Crippen LogP contribution in [0.5, 0.6) is 0 Å². The highest BCUT2D eigenvalue weighted by Gasteiger charge is 2.32. The lowest BCUT2D eigenvalue weighted by Crippen LogP contribution is -2.37. The van der Waals surface area contributed by atoms with Crippen molar-refractivity contribution in [1.82, 2.24) is 9.62 Å². The van der Waals surface area contributed by atoms with Crippen molar-refractivity contribution in [2.75, 3.05) is 18.4 Å². The number of rotatable bonds is 7. The molecule has 0 aromatic heterocycles. The third kappa shape index (κ3) is 5.46. The van der Waals surface area contributed by atoms with Crippen LogP contribution in [0.15, 0.2) is 72.1 Å². The summed E-state index contributed by atoms with van der Waals surface area (Å²) in [4.78, 5) is 23.4. The average molecular weight is 429 g/mol. The predicted molar refractivity (Wildman–Crippen MR) is 112 cm³/mol. The summed E-state index contributed by atoms with van der Waals surface area (Å²) in [7, 11) is -3.69. The maximum atomic E-state index is 12.8. The Morgan fingerprint density at radius 1 is 1.13 bits per heavy atom. The fraction of sp³-hybridized carbons (Fsp3) is 0.238. The maximum Gasteiger partial charge on any atom is 0.411 e. The van der Waals surface area contributed by atoms with Crippen molar-refractivity contribution < 1.29 is 22.7 Å². The Hall–Kier alpha value is -3.17. The molecule has 2 aromatic rings. The van der Waals surface area contributed by atoms with Crippen LogP contribution in [-0.2, 0) is 26.2 Å². The van der Waals surface area contributed by atoms with Crippen molar-refractivity contribution in [3.63, 3.8) is 0 Å². The third-order valence-corrected chi connectivity index (χ3v) is 6.51. The molecule has 8 nitrogen and oxygen atoms in total. The molecule has 2 aromatic carbocycles. The van der Waals surface area contributed by atoms with Gasteiger partial charge in [0.05, 0.1) is 4.90 Å². The summed E-state index contributed by atoms with van der Waals surface area (Å²) in [6.07, 6.45) is 1.06. The first-order chi connectivity index (χ1) is 14.4. The van der Waals surface area contributed by atoms with E-state index in [-0.39, 0.29) is 30.0 Å². The number of carbonyl (C=O) groups is 2. The van der Waals surface area contributed by atoms with Crippen molar-refractivity contribution in [2.45, 2.75) is 24.0 Å². The number of anilines is 1. The zero-order chi connectivity index (χ0) is 21.6. The van der Waals surface area contributed by atoms with Crippen LogP contribution in [-0.4, -0.2) is 43.9 Å². The number of benzene rings is 2.